The van der Waals surface area contributed by atoms with Crippen molar-refractivity contribution in [2.45, 2.75) is 85.9 Å². The number of hydrogen-bond donors (Lipinski definition) is 3. The molecule has 0 saturated carbocycles. The number of hydrogen-bond acceptors (Lipinski definition) is 5. The molecule has 4 amide bonds. The van der Waals surface area contributed by atoms with Gasteiger partial charge in [0.15, 0.2) is 0 Å². The maximum Gasteiger partial charge on any atom is 0.253 e. The van der Waals surface area contributed by atoms with E-state index in [1.165, 1.54) is 25.1 Å². The maximum absolute atomic E-state index is 14.2. The third-order valence-electron chi connectivity index (χ3n) is 7.37. The molecule has 0 aliphatic heterocycles. The first-order valence-electron chi connectivity index (χ1n) is 16.2. The summed E-state index contributed by atoms with van der Waals surface area (Å²) in [6, 6.07) is 7.09. The molecule has 2 aromatic carbocycles. The van der Waals surface area contributed by atoms with Gasteiger partial charge in [-0.2, -0.15) is 0 Å². The highest BCUT2D eigenvalue weighted by Crippen LogP contribution is 2.16. The number of amides is 4. The van der Waals surface area contributed by atoms with Crippen LogP contribution in [0.3, 0.4) is 0 Å². The topological polar surface area (TPSA) is 125 Å². The molecule has 0 heterocycles. The molecule has 46 heavy (non-hydrogen) atoms. The number of carbonyl (C=O) groups is 4. The Hall–Kier alpha value is -3.86. The van der Waals surface area contributed by atoms with E-state index in [1.807, 2.05) is 41.5 Å². The van der Waals surface area contributed by atoms with E-state index >= 15 is 0 Å². The first-order chi connectivity index (χ1) is 21.7. The Morgan fingerprint density at radius 2 is 1.39 bits per heavy atom. The standard InChI is InChI=1S/C35H51F2N5O4/c1-8-13-41(14-9-2)34(45)27-12-10-11-26(18-27)33(44)39-30(17-25-15-28(36)19-29(37)16-25)21-42(20-22(3)4)35(46)31(23(5)6)40-32(43)24(7)38/h10-12,15-16,18-19,22-24,30-31H,8-9,13-14,17,20-21,38H2,1-7H3,(H,39,44)(H,40,43)/t24-,30-,31-/m0/s1. The zero-order valence-corrected chi connectivity index (χ0v) is 28.2. The predicted octanol–water partition coefficient (Wildman–Crippen LogP) is 4.54. The second-order valence-corrected chi connectivity index (χ2v) is 12.7. The van der Waals surface area contributed by atoms with Gasteiger partial charge in [0.2, 0.25) is 11.8 Å². The zero-order valence-electron chi connectivity index (χ0n) is 28.2. The van der Waals surface area contributed by atoms with Crippen LogP contribution in [-0.2, 0) is 16.0 Å². The number of carbonyl (C=O) groups excluding carboxylic acids is 4. The molecule has 4 N–H and O–H groups in total. The molecule has 3 atom stereocenters. The molecule has 2 rings (SSSR count). The Morgan fingerprint density at radius 3 is 1.91 bits per heavy atom. The highest BCUT2D eigenvalue weighted by atomic mass is 19.1. The SMILES string of the molecule is CCCN(CCC)C(=O)c1cccc(C(=O)N[C@@H](Cc2cc(F)cc(F)c2)CN(CC(C)C)C(=O)[C@@H](NC(=O)[C@H](C)N)C(C)C)c1. The molecule has 0 aromatic heterocycles. The van der Waals surface area contributed by atoms with Gasteiger partial charge in [0, 0.05) is 43.4 Å². The summed E-state index contributed by atoms with van der Waals surface area (Å²) in [5.74, 6) is -3.27. The minimum Gasteiger partial charge on any atom is -0.347 e. The first kappa shape index (κ1) is 38.3. The van der Waals surface area contributed by atoms with E-state index in [9.17, 15) is 28.0 Å². The van der Waals surface area contributed by atoms with E-state index in [1.54, 1.807) is 28.0 Å². The molecule has 0 aliphatic carbocycles. The number of nitrogens with two attached hydrogens (primary N) is 1. The third kappa shape index (κ3) is 11.8. The lowest BCUT2D eigenvalue weighted by Crippen LogP contribution is -2.57. The predicted molar refractivity (Wildman–Crippen MR) is 176 cm³/mol. The largest absolute Gasteiger partial charge is 0.347 e. The van der Waals surface area contributed by atoms with Crippen molar-refractivity contribution < 1.29 is 28.0 Å². The van der Waals surface area contributed by atoms with E-state index < -0.39 is 41.6 Å². The molecule has 0 bridgehead atoms. The highest BCUT2D eigenvalue weighted by Gasteiger charge is 2.32. The summed E-state index contributed by atoms with van der Waals surface area (Å²) < 4.78 is 28.3. The summed E-state index contributed by atoms with van der Waals surface area (Å²) in [6.45, 7) is 14.5. The van der Waals surface area contributed by atoms with Gasteiger partial charge in [-0.15, -0.1) is 0 Å². The highest BCUT2D eigenvalue weighted by molar-refractivity contribution is 6.00. The Bertz CT molecular complexity index is 1310. The van der Waals surface area contributed by atoms with Crippen LogP contribution >= 0.6 is 0 Å². The zero-order chi connectivity index (χ0) is 34.6. The van der Waals surface area contributed by atoms with Crippen molar-refractivity contribution >= 4 is 23.6 Å². The first-order valence-corrected chi connectivity index (χ1v) is 16.2. The Kier molecular flexibility index (Phi) is 15.3. The van der Waals surface area contributed by atoms with Crippen molar-refractivity contribution in [1.82, 2.24) is 20.4 Å². The average molecular weight is 644 g/mol. The number of halogens is 2. The number of rotatable bonds is 17. The Morgan fingerprint density at radius 1 is 0.804 bits per heavy atom. The maximum atomic E-state index is 14.2. The van der Waals surface area contributed by atoms with Crippen LogP contribution in [0.4, 0.5) is 8.78 Å². The van der Waals surface area contributed by atoms with Crippen LogP contribution in [0.15, 0.2) is 42.5 Å². The van der Waals surface area contributed by atoms with Crippen LogP contribution in [-0.4, -0.2) is 77.7 Å². The fourth-order valence-electron chi connectivity index (χ4n) is 5.23. The smallest absolute Gasteiger partial charge is 0.253 e. The van der Waals surface area contributed by atoms with Gasteiger partial charge in [0.1, 0.15) is 17.7 Å². The van der Waals surface area contributed by atoms with Gasteiger partial charge in [-0.25, -0.2) is 8.78 Å². The van der Waals surface area contributed by atoms with Gasteiger partial charge in [0.25, 0.3) is 11.8 Å². The van der Waals surface area contributed by atoms with Crippen LogP contribution in [0.5, 0.6) is 0 Å². The average Bonchev–Trinajstić information content (AvgIpc) is 2.97. The van der Waals surface area contributed by atoms with E-state index in [4.69, 9.17) is 5.73 Å². The molecule has 0 fully saturated rings. The normalized spacial score (nSPS) is 13.2. The van der Waals surface area contributed by atoms with Gasteiger partial charge < -0.3 is 26.2 Å². The summed E-state index contributed by atoms with van der Waals surface area (Å²) in [5.41, 5.74) is 6.66. The lowest BCUT2D eigenvalue weighted by Gasteiger charge is -2.34. The van der Waals surface area contributed by atoms with Crippen LogP contribution in [0.2, 0.25) is 0 Å². The molecule has 9 nitrogen and oxygen atoms in total. The molecule has 0 radical (unpaired) electrons. The summed E-state index contributed by atoms with van der Waals surface area (Å²) in [5, 5.41) is 5.68. The quantitative estimate of drug-likeness (QED) is 0.234. The summed E-state index contributed by atoms with van der Waals surface area (Å²) in [4.78, 5) is 56.6. The number of nitrogens with one attached hydrogen (secondary N) is 2. The molecule has 2 aromatic rings. The summed E-state index contributed by atoms with van der Waals surface area (Å²) in [6.07, 6.45) is 1.61. The molecule has 11 heteroatoms. The minimum atomic E-state index is -0.878. The van der Waals surface area contributed by atoms with Crippen LogP contribution < -0.4 is 16.4 Å². The van der Waals surface area contributed by atoms with Gasteiger partial charge >= 0.3 is 0 Å². The van der Waals surface area contributed by atoms with E-state index in [0.29, 0.717) is 30.8 Å². The molecule has 254 valence electrons. The van der Waals surface area contributed by atoms with Crippen LogP contribution in [0, 0.1) is 23.5 Å². The lowest BCUT2D eigenvalue weighted by molar-refractivity contribution is -0.138. The van der Waals surface area contributed by atoms with Gasteiger partial charge in [-0.05, 0) is 73.9 Å². The van der Waals surface area contributed by atoms with Crippen molar-refractivity contribution in [3.63, 3.8) is 0 Å². The fraction of sp³-hybridized carbons (Fsp3) is 0.543. The second kappa shape index (κ2) is 18.3. The second-order valence-electron chi connectivity index (χ2n) is 12.7. The number of benzene rings is 2. The van der Waals surface area contributed by atoms with E-state index in [2.05, 4.69) is 10.6 Å². The lowest BCUT2D eigenvalue weighted by atomic mass is 9.99. The van der Waals surface area contributed by atoms with Crippen molar-refractivity contribution in [3.8, 4) is 0 Å². The third-order valence-corrected chi connectivity index (χ3v) is 7.37. The van der Waals surface area contributed by atoms with Gasteiger partial charge in [-0.3, -0.25) is 19.2 Å². The Labute approximate surface area is 272 Å². The van der Waals surface area contributed by atoms with E-state index in [-0.39, 0.29) is 42.2 Å². The minimum absolute atomic E-state index is 0.00243. The van der Waals surface area contributed by atoms with Gasteiger partial charge in [-0.1, -0.05) is 47.6 Å². The monoisotopic (exact) mass is 643 g/mol. The van der Waals surface area contributed by atoms with Crippen molar-refractivity contribution in [2.75, 3.05) is 26.2 Å². The fourth-order valence-corrected chi connectivity index (χ4v) is 5.23. The molecular weight excluding hydrogens is 592 g/mol. The molecule has 0 aliphatic rings. The van der Waals surface area contributed by atoms with Gasteiger partial charge in [0.05, 0.1) is 12.1 Å². The summed E-state index contributed by atoms with van der Waals surface area (Å²) >= 11 is 0. The molecular formula is C35H51F2N5O4. The van der Waals surface area contributed by atoms with Crippen molar-refractivity contribution in [2.24, 2.45) is 17.6 Å². The Balaban J connectivity index is 2.46. The molecule has 0 saturated heterocycles. The van der Waals surface area contributed by atoms with Crippen LogP contribution in [0.1, 0.15) is 87.6 Å². The van der Waals surface area contributed by atoms with Crippen LogP contribution in [0.25, 0.3) is 0 Å². The van der Waals surface area contributed by atoms with E-state index in [0.717, 1.165) is 18.9 Å². The molecule has 0 spiro atoms. The number of nitrogens with zero attached hydrogens (tertiary/aromatic N) is 2. The summed E-state index contributed by atoms with van der Waals surface area (Å²) in [7, 11) is 0. The van der Waals surface area contributed by atoms with Crippen molar-refractivity contribution in [1.29, 1.82) is 0 Å². The van der Waals surface area contributed by atoms with Crippen molar-refractivity contribution in [3.05, 3.63) is 70.8 Å². The molecule has 0 unspecified atom stereocenters.